The predicted octanol–water partition coefficient (Wildman–Crippen LogP) is 0.904. The number of nitrogens with one attached hydrogen (secondary N) is 2. The number of pyridine rings is 1. The third-order valence-electron chi connectivity index (χ3n) is 2.57. The van der Waals surface area contributed by atoms with E-state index in [1.807, 2.05) is 6.92 Å². The van der Waals surface area contributed by atoms with E-state index in [4.69, 9.17) is 0 Å². The Labute approximate surface area is 111 Å². The molecule has 2 aromatic rings. The lowest BCUT2D eigenvalue weighted by Crippen LogP contribution is -2.26. The number of rotatable bonds is 5. The van der Waals surface area contributed by atoms with Gasteiger partial charge >= 0.3 is 0 Å². The van der Waals surface area contributed by atoms with Crippen LogP contribution >= 0.6 is 0 Å². The number of nitrogens with zero attached hydrogens (tertiary/aromatic N) is 4. The second-order valence-corrected chi connectivity index (χ2v) is 4.06. The van der Waals surface area contributed by atoms with Gasteiger partial charge in [0.25, 0.3) is 5.91 Å². The van der Waals surface area contributed by atoms with Crippen LogP contribution in [0.2, 0.25) is 0 Å². The van der Waals surface area contributed by atoms with Crippen LogP contribution in [0, 0.1) is 0 Å². The van der Waals surface area contributed by atoms with E-state index in [0.717, 1.165) is 12.4 Å². The van der Waals surface area contributed by atoms with Crippen LogP contribution in [0.3, 0.4) is 0 Å². The molecule has 2 aromatic heterocycles. The van der Waals surface area contributed by atoms with Crippen molar-refractivity contribution in [2.75, 3.05) is 18.9 Å². The summed E-state index contributed by atoms with van der Waals surface area (Å²) in [7, 11) is 1.71. The van der Waals surface area contributed by atoms with Crippen LogP contribution in [0.25, 0.3) is 0 Å². The maximum atomic E-state index is 12.1. The van der Waals surface area contributed by atoms with E-state index in [1.54, 1.807) is 30.3 Å². The molecule has 7 nitrogen and oxygen atoms in total. The van der Waals surface area contributed by atoms with E-state index in [1.165, 1.54) is 6.33 Å². The molecule has 1 amide bonds. The molecule has 0 atom stereocenters. The van der Waals surface area contributed by atoms with Crippen LogP contribution in [0.1, 0.15) is 23.1 Å². The lowest BCUT2D eigenvalue weighted by Gasteiger charge is -2.15. The summed E-state index contributed by atoms with van der Waals surface area (Å²) < 4.78 is 0. The minimum absolute atomic E-state index is 0.105. The van der Waals surface area contributed by atoms with E-state index in [-0.39, 0.29) is 5.91 Å². The number of aromatic nitrogens is 4. The molecule has 2 heterocycles. The van der Waals surface area contributed by atoms with Gasteiger partial charge in [-0.25, -0.2) is 9.97 Å². The largest absolute Gasteiger partial charge is 0.370 e. The number of carbonyl (C=O) groups is 1. The molecule has 2 rings (SSSR count). The first kappa shape index (κ1) is 13.0. The fourth-order valence-electron chi connectivity index (χ4n) is 1.63. The summed E-state index contributed by atoms with van der Waals surface area (Å²) in [5.41, 5.74) is 0.545. The number of amides is 1. The molecule has 0 saturated heterocycles. The SMILES string of the molecule is CCNc1ccc(C(=O)N(C)Cc2ncn[nH]2)cn1. The van der Waals surface area contributed by atoms with Crippen LogP contribution in [0.5, 0.6) is 0 Å². The zero-order chi connectivity index (χ0) is 13.7. The molecule has 0 spiro atoms. The molecule has 0 bridgehead atoms. The minimum Gasteiger partial charge on any atom is -0.370 e. The molecule has 0 radical (unpaired) electrons. The van der Waals surface area contributed by atoms with Gasteiger partial charge in [0.05, 0.1) is 12.1 Å². The fourth-order valence-corrected chi connectivity index (χ4v) is 1.63. The normalized spacial score (nSPS) is 10.2. The lowest BCUT2D eigenvalue weighted by atomic mass is 10.2. The third kappa shape index (κ3) is 3.27. The molecule has 0 aliphatic carbocycles. The Hall–Kier alpha value is -2.44. The Kier molecular flexibility index (Phi) is 4.07. The molecule has 19 heavy (non-hydrogen) atoms. The highest BCUT2D eigenvalue weighted by Crippen LogP contribution is 2.08. The molecular formula is C12H16N6O. The lowest BCUT2D eigenvalue weighted by molar-refractivity contribution is 0.0781. The van der Waals surface area contributed by atoms with Crippen molar-refractivity contribution in [1.29, 1.82) is 0 Å². The summed E-state index contributed by atoms with van der Waals surface area (Å²) >= 11 is 0. The van der Waals surface area contributed by atoms with E-state index < -0.39 is 0 Å². The van der Waals surface area contributed by atoms with Gasteiger partial charge in [0.15, 0.2) is 0 Å². The van der Waals surface area contributed by atoms with Gasteiger partial charge in [0.2, 0.25) is 0 Å². The van der Waals surface area contributed by atoms with Crippen molar-refractivity contribution >= 4 is 11.7 Å². The fraction of sp³-hybridized carbons (Fsp3) is 0.333. The molecule has 0 unspecified atom stereocenters. The second-order valence-electron chi connectivity index (χ2n) is 4.06. The van der Waals surface area contributed by atoms with Crippen LogP contribution in [0.4, 0.5) is 5.82 Å². The van der Waals surface area contributed by atoms with Crippen LogP contribution in [-0.4, -0.2) is 44.6 Å². The monoisotopic (exact) mass is 260 g/mol. The first-order valence-electron chi connectivity index (χ1n) is 6.00. The summed E-state index contributed by atoms with van der Waals surface area (Å²) in [5, 5.41) is 9.54. The van der Waals surface area contributed by atoms with Gasteiger partial charge in [-0.05, 0) is 19.1 Å². The minimum atomic E-state index is -0.105. The zero-order valence-corrected chi connectivity index (χ0v) is 10.9. The van der Waals surface area contributed by atoms with Gasteiger partial charge < -0.3 is 10.2 Å². The summed E-state index contributed by atoms with van der Waals surface area (Å²) in [6, 6.07) is 3.54. The standard InChI is InChI=1S/C12H16N6O/c1-3-13-10-5-4-9(6-14-10)12(19)18(2)7-11-15-8-16-17-11/h4-6,8H,3,7H2,1-2H3,(H,13,14)(H,15,16,17). The summed E-state index contributed by atoms with van der Waals surface area (Å²) in [6.07, 6.45) is 2.98. The highest BCUT2D eigenvalue weighted by molar-refractivity contribution is 5.93. The maximum Gasteiger partial charge on any atom is 0.255 e. The Bertz CT molecular complexity index is 522. The molecule has 0 saturated carbocycles. The van der Waals surface area contributed by atoms with Crippen molar-refractivity contribution < 1.29 is 4.79 Å². The number of H-pyrrole nitrogens is 1. The Morgan fingerprint density at radius 2 is 2.26 bits per heavy atom. The molecule has 0 aromatic carbocycles. The van der Waals surface area contributed by atoms with E-state index >= 15 is 0 Å². The Balaban J connectivity index is 2.02. The average molecular weight is 260 g/mol. The van der Waals surface area contributed by atoms with Crippen LogP contribution in [0.15, 0.2) is 24.7 Å². The van der Waals surface area contributed by atoms with Crippen molar-refractivity contribution in [2.45, 2.75) is 13.5 Å². The molecule has 2 N–H and O–H groups in total. The van der Waals surface area contributed by atoms with Gasteiger partial charge in [-0.2, -0.15) is 5.10 Å². The highest BCUT2D eigenvalue weighted by atomic mass is 16.2. The molecule has 100 valence electrons. The van der Waals surface area contributed by atoms with Crippen molar-refractivity contribution in [1.82, 2.24) is 25.1 Å². The molecule has 0 aliphatic rings. The van der Waals surface area contributed by atoms with Crippen molar-refractivity contribution in [3.8, 4) is 0 Å². The first-order valence-corrected chi connectivity index (χ1v) is 6.00. The third-order valence-corrected chi connectivity index (χ3v) is 2.57. The first-order chi connectivity index (χ1) is 9.20. The van der Waals surface area contributed by atoms with E-state index in [0.29, 0.717) is 17.9 Å². The van der Waals surface area contributed by atoms with Crippen molar-refractivity contribution in [3.63, 3.8) is 0 Å². The molecule has 0 aliphatic heterocycles. The summed E-state index contributed by atoms with van der Waals surface area (Å²) in [6.45, 7) is 3.17. The molecule has 7 heteroatoms. The summed E-state index contributed by atoms with van der Waals surface area (Å²) in [4.78, 5) is 21.9. The van der Waals surface area contributed by atoms with Gasteiger partial charge in [0.1, 0.15) is 18.0 Å². The molecule has 0 fully saturated rings. The summed E-state index contributed by atoms with van der Waals surface area (Å²) in [5.74, 6) is 1.30. The quantitative estimate of drug-likeness (QED) is 0.834. The Morgan fingerprint density at radius 3 is 2.84 bits per heavy atom. The number of anilines is 1. The number of carbonyl (C=O) groups excluding carboxylic acids is 1. The van der Waals surface area contributed by atoms with Gasteiger partial charge in [0, 0.05) is 19.8 Å². The van der Waals surface area contributed by atoms with Gasteiger partial charge in [-0.15, -0.1) is 0 Å². The van der Waals surface area contributed by atoms with Crippen molar-refractivity contribution in [3.05, 3.63) is 36.0 Å². The van der Waals surface area contributed by atoms with Crippen LogP contribution in [-0.2, 0) is 6.54 Å². The van der Waals surface area contributed by atoms with Gasteiger partial charge in [-0.1, -0.05) is 0 Å². The van der Waals surface area contributed by atoms with Gasteiger partial charge in [-0.3, -0.25) is 9.89 Å². The smallest absolute Gasteiger partial charge is 0.255 e. The van der Waals surface area contributed by atoms with Crippen molar-refractivity contribution in [2.24, 2.45) is 0 Å². The zero-order valence-electron chi connectivity index (χ0n) is 10.9. The van der Waals surface area contributed by atoms with Crippen LogP contribution < -0.4 is 5.32 Å². The Morgan fingerprint density at radius 1 is 1.42 bits per heavy atom. The highest BCUT2D eigenvalue weighted by Gasteiger charge is 2.13. The maximum absolute atomic E-state index is 12.1. The number of hydrogen-bond donors (Lipinski definition) is 2. The number of aromatic amines is 1. The van der Waals surface area contributed by atoms with E-state index in [2.05, 4.69) is 25.5 Å². The topological polar surface area (TPSA) is 86.8 Å². The number of hydrogen-bond acceptors (Lipinski definition) is 5. The second kappa shape index (κ2) is 5.94. The van der Waals surface area contributed by atoms with E-state index in [9.17, 15) is 4.79 Å². The predicted molar refractivity (Wildman–Crippen MR) is 70.6 cm³/mol. The molecular weight excluding hydrogens is 244 g/mol. The average Bonchev–Trinajstić information content (AvgIpc) is 2.92.